The molecule has 1 aliphatic heterocycles. The molecule has 1 aliphatic rings. The van der Waals surface area contributed by atoms with Crippen LogP contribution in [0.3, 0.4) is 0 Å². The molecule has 2 aromatic heterocycles. The zero-order valence-corrected chi connectivity index (χ0v) is 19.2. The van der Waals surface area contributed by atoms with Crippen LogP contribution in [0, 0.1) is 11.8 Å². The predicted octanol–water partition coefficient (Wildman–Crippen LogP) is 3.96. The molecule has 0 atom stereocenters. The number of aromatic nitrogens is 2. The Morgan fingerprint density at radius 3 is 2.81 bits per heavy atom. The molecule has 3 aromatic rings. The first kappa shape index (κ1) is 22.3. The van der Waals surface area contributed by atoms with Crippen molar-refractivity contribution in [2.45, 2.75) is 44.8 Å². The summed E-state index contributed by atoms with van der Waals surface area (Å²) < 4.78 is 5.97. The SMILES string of the molecule is CC(C)(O)C#Cc1cccc(OCc2cc(-c3cnc(C4CCNCC4)s3)cnc2N)c1. The highest BCUT2D eigenvalue weighted by molar-refractivity contribution is 7.15. The van der Waals surface area contributed by atoms with Crippen LogP contribution in [-0.4, -0.2) is 33.8 Å². The Hall–Kier alpha value is -2.92. The summed E-state index contributed by atoms with van der Waals surface area (Å²) in [5.74, 6) is 7.45. The number of hydrogen-bond donors (Lipinski definition) is 3. The molecule has 1 aromatic carbocycles. The molecule has 0 bridgehead atoms. The summed E-state index contributed by atoms with van der Waals surface area (Å²) in [7, 11) is 0. The summed E-state index contributed by atoms with van der Waals surface area (Å²) in [5.41, 5.74) is 7.68. The van der Waals surface area contributed by atoms with Gasteiger partial charge in [-0.2, -0.15) is 0 Å². The number of hydrogen-bond acceptors (Lipinski definition) is 7. The zero-order chi connectivity index (χ0) is 22.6. The lowest BCUT2D eigenvalue weighted by Crippen LogP contribution is -2.26. The van der Waals surface area contributed by atoms with Crippen LogP contribution in [0.2, 0.25) is 0 Å². The van der Waals surface area contributed by atoms with E-state index in [1.165, 1.54) is 5.01 Å². The van der Waals surface area contributed by atoms with E-state index in [2.05, 4.69) is 27.1 Å². The van der Waals surface area contributed by atoms with E-state index in [9.17, 15) is 5.11 Å². The highest BCUT2D eigenvalue weighted by Crippen LogP contribution is 2.34. The van der Waals surface area contributed by atoms with E-state index in [4.69, 9.17) is 10.5 Å². The standard InChI is InChI=1S/C25H28N4O2S/c1-25(2,30)9-6-17-4-3-5-21(12-17)31-16-20-13-19(14-28-23(20)26)22-15-29-24(32-22)18-7-10-27-11-8-18/h3-5,12-15,18,27,30H,7-8,10-11,16H2,1-2H3,(H2,26,28). The summed E-state index contributed by atoms with van der Waals surface area (Å²) >= 11 is 1.73. The molecule has 0 spiro atoms. The Bertz CT molecular complexity index is 1130. The molecule has 3 heterocycles. The lowest BCUT2D eigenvalue weighted by atomic mass is 9.99. The number of anilines is 1. The number of thiazole rings is 1. The molecule has 166 valence electrons. The number of nitrogens with two attached hydrogens (primary N) is 1. The average Bonchev–Trinajstić information content (AvgIpc) is 3.28. The minimum absolute atomic E-state index is 0.301. The van der Waals surface area contributed by atoms with Crippen molar-refractivity contribution in [3.63, 3.8) is 0 Å². The van der Waals surface area contributed by atoms with Crippen molar-refractivity contribution in [2.24, 2.45) is 0 Å². The van der Waals surface area contributed by atoms with E-state index in [0.717, 1.165) is 47.5 Å². The summed E-state index contributed by atoms with van der Waals surface area (Å²) in [6, 6.07) is 9.51. The van der Waals surface area contributed by atoms with Gasteiger partial charge >= 0.3 is 0 Å². The Morgan fingerprint density at radius 1 is 1.22 bits per heavy atom. The zero-order valence-electron chi connectivity index (χ0n) is 18.4. The summed E-state index contributed by atoms with van der Waals surface area (Å²) in [6.07, 6.45) is 5.99. The monoisotopic (exact) mass is 448 g/mol. The van der Waals surface area contributed by atoms with Crippen LogP contribution in [0.5, 0.6) is 5.75 Å². The number of aliphatic hydroxyl groups is 1. The Labute approximate surface area is 192 Å². The first-order valence-electron chi connectivity index (χ1n) is 10.8. The Morgan fingerprint density at radius 2 is 2.03 bits per heavy atom. The van der Waals surface area contributed by atoms with Gasteiger partial charge in [0.15, 0.2) is 0 Å². The first-order valence-corrected chi connectivity index (χ1v) is 11.6. The van der Waals surface area contributed by atoms with Crippen LogP contribution in [0.4, 0.5) is 5.82 Å². The van der Waals surface area contributed by atoms with Gasteiger partial charge < -0.3 is 20.9 Å². The second-order valence-corrected chi connectivity index (χ2v) is 9.54. The normalized spacial score (nSPS) is 14.6. The second kappa shape index (κ2) is 9.70. The van der Waals surface area contributed by atoms with Gasteiger partial charge in [-0.05, 0) is 64.0 Å². The summed E-state index contributed by atoms with van der Waals surface area (Å²) in [5, 5.41) is 14.4. The quantitative estimate of drug-likeness (QED) is 0.512. The van der Waals surface area contributed by atoms with Crippen LogP contribution in [0.25, 0.3) is 10.4 Å². The maximum absolute atomic E-state index is 9.79. The van der Waals surface area contributed by atoms with Crippen molar-refractivity contribution in [2.75, 3.05) is 18.8 Å². The van der Waals surface area contributed by atoms with Crippen molar-refractivity contribution in [3.8, 4) is 28.0 Å². The molecular formula is C25H28N4O2S. The van der Waals surface area contributed by atoms with E-state index >= 15 is 0 Å². The number of nitrogens with one attached hydrogen (secondary N) is 1. The fraction of sp³-hybridized carbons (Fsp3) is 0.360. The predicted molar refractivity (Wildman–Crippen MR) is 129 cm³/mol. The molecule has 0 unspecified atom stereocenters. The minimum atomic E-state index is -1.04. The van der Waals surface area contributed by atoms with E-state index in [1.807, 2.05) is 36.5 Å². The third-order valence-electron chi connectivity index (χ3n) is 5.24. The Balaban J connectivity index is 1.47. The van der Waals surface area contributed by atoms with Crippen LogP contribution < -0.4 is 15.8 Å². The molecule has 7 heteroatoms. The van der Waals surface area contributed by atoms with Gasteiger partial charge in [-0.1, -0.05) is 17.9 Å². The largest absolute Gasteiger partial charge is 0.489 e. The van der Waals surface area contributed by atoms with Gasteiger partial charge in [0, 0.05) is 35.0 Å². The van der Waals surface area contributed by atoms with Crippen molar-refractivity contribution in [1.82, 2.24) is 15.3 Å². The van der Waals surface area contributed by atoms with Crippen LogP contribution in [0.1, 0.15) is 48.7 Å². The van der Waals surface area contributed by atoms with Gasteiger partial charge in [-0.25, -0.2) is 9.97 Å². The van der Waals surface area contributed by atoms with E-state index in [0.29, 0.717) is 24.1 Å². The highest BCUT2D eigenvalue weighted by Gasteiger charge is 2.19. The molecule has 1 saturated heterocycles. The number of benzene rings is 1. The molecule has 1 fully saturated rings. The third kappa shape index (κ3) is 5.86. The molecule has 0 saturated carbocycles. The highest BCUT2D eigenvalue weighted by atomic mass is 32.1. The van der Waals surface area contributed by atoms with E-state index in [-0.39, 0.29) is 0 Å². The average molecular weight is 449 g/mol. The number of nitrogens with zero attached hydrogens (tertiary/aromatic N) is 2. The van der Waals surface area contributed by atoms with Gasteiger partial charge in [-0.3, -0.25) is 0 Å². The van der Waals surface area contributed by atoms with Crippen molar-refractivity contribution >= 4 is 17.2 Å². The van der Waals surface area contributed by atoms with Gasteiger partial charge in [-0.15, -0.1) is 11.3 Å². The summed E-state index contributed by atoms with van der Waals surface area (Å²) in [6.45, 7) is 5.71. The lowest BCUT2D eigenvalue weighted by Gasteiger charge is -2.20. The second-order valence-electron chi connectivity index (χ2n) is 8.48. The van der Waals surface area contributed by atoms with Crippen LogP contribution in [-0.2, 0) is 6.61 Å². The number of ether oxygens (including phenoxy) is 1. The third-order valence-corrected chi connectivity index (χ3v) is 6.45. The van der Waals surface area contributed by atoms with Gasteiger partial charge in [0.2, 0.25) is 0 Å². The molecule has 32 heavy (non-hydrogen) atoms. The molecule has 0 amide bonds. The maximum atomic E-state index is 9.79. The topological polar surface area (TPSA) is 93.3 Å². The van der Waals surface area contributed by atoms with Gasteiger partial charge in [0.25, 0.3) is 0 Å². The van der Waals surface area contributed by atoms with Gasteiger partial charge in [0.1, 0.15) is 23.8 Å². The van der Waals surface area contributed by atoms with E-state index in [1.54, 1.807) is 31.4 Å². The molecule has 6 nitrogen and oxygen atoms in total. The number of piperidine rings is 1. The maximum Gasteiger partial charge on any atom is 0.130 e. The van der Waals surface area contributed by atoms with Crippen LogP contribution >= 0.6 is 11.3 Å². The fourth-order valence-corrected chi connectivity index (χ4v) is 4.57. The fourth-order valence-electron chi connectivity index (χ4n) is 3.50. The van der Waals surface area contributed by atoms with Crippen LogP contribution in [0.15, 0.2) is 42.7 Å². The molecule has 0 radical (unpaired) electrons. The summed E-state index contributed by atoms with van der Waals surface area (Å²) in [4.78, 5) is 10.1. The Kier molecular flexibility index (Phi) is 6.75. The van der Waals surface area contributed by atoms with Gasteiger partial charge in [0.05, 0.1) is 9.88 Å². The number of pyridine rings is 1. The number of nitrogen functional groups attached to an aromatic ring is 1. The number of rotatable bonds is 5. The van der Waals surface area contributed by atoms with Crippen molar-refractivity contribution in [3.05, 3.63) is 58.9 Å². The van der Waals surface area contributed by atoms with Crippen molar-refractivity contribution in [1.29, 1.82) is 0 Å². The minimum Gasteiger partial charge on any atom is -0.489 e. The first-order chi connectivity index (χ1) is 15.4. The van der Waals surface area contributed by atoms with Crippen molar-refractivity contribution < 1.29 is 9.84 Å². The smallest absolute Gasteiger partial charge is 0.130 e. The van der Waals surface area contributed by atoms with E-state index < -0.39 is 5.60 Å². The molecule has 4 N–H and O–H groups in total. The molecular weight excluding hydrogens is 420 g/mol. The molecule has 0 aliphatic carbocycles. The lowest BCUT2D eigenvalue weighted by molar-refractivity contribution is 0.143. The molecule has 4 rings (SSSR count).